The molecule has 0 saturated heterocycles. The first-order chi connectivity index (χ1) is 36.7. The summed E-state index contributed by atoms with van der Waals surface area (Å²) in [5, 5.41) is 2.08. The van der Waals surface area contributed by atoms with Crippen molar-refractivity contribution in [3.8, 4) is 78.7 Å². The number of benzene rings is 10. The Hall–Kier alpha value is -9.51. The number of allylic oxidation sites excluding steroid dienone is 4. The highest BCUT2D eigenvalue weighted by molar-refractivity contribution is 6.06. The average Bonchev–Trinajstić information content (AvgIpc) is 4.09. The van der Waals surface area contributed by atoms with Crippen LogP contribution in [0.4, 0.5) is 0 Å². The number of rotatable bonds is 9. The third-order valence-corrected chi connectivity index (χ3v) is 15.3. The van der Waals surface area contributed by atoms with Crippen LogP contribution in [0.25, 0.3) is 101 Å². The Morgan fingerprint density at radius 2 is 0.824 bits per heavy atom. The third kappa shape index (κ3) is 7.25. The van der Waals surface area contributed by atoms with Crippen LogP contribution >= 0.6 is 0 Å². The van der Waals surface area contributed by atoms with E-state index in [1.807, 2.05) is 60.7 Å². The van der Waals surface area contributed by atoms with Crippen LogP contribution in [0.3, 0.4) is 0 Å². The summed E-state index contributed by atoms with van der Waals surface area (Å²) in [6.07, 6.45) is 9.34. The van der Waals surface area contributed by atoms with E-state index in [4.69, 9.17) is 19.4 Å². The van der Waals surface area contributed by atoms with Gasteiger partial charge in [-0.3, -0.25) is 0 Å². The van der Waals surface area contributed by atoms with E-state index in [9.17, 15) is 0 Å². The fraction of sp³-hybridized carbons (Fsp3) is 0.0429. The summed E-state index contributed by atoms with van der Waals surface area (Å²) in [5.74, 6) is 2.20. The van der Waals surface area contributed by atoms with E-state index in [2.05, 4.69) is 212 Å². The molecule has 0 bridgehead atoms. The minimum Gasteiger partial charge on any atom is -0.456 e. The Bertz CT molecular complexity index is 4070. The molecule has 0 radical (unpaired) electrons. The Morgan fingerprint density at radius 3 is 1.49 bits per heavy atom. The van der Waals surface area contributed by atoms with Gasteiger partial charge in [0.2, 0.25) is 0 Å². The van der Waals surface area contributed by atoms with E-state index in [1.54, 1.807) is 0 Å². The smallest absolute Gasteiger partial charge is 0.164 e. The molecule has 2 heterocycles. The van der Waals surface area contributed by atoms with Crippen LogP contribution in [-0.4, -0.2) is 15.0 Å². The predicted octanol–water partition coefficient (Wildman–Crippen LogP) is 17.6. The number of para-hydroxylation sites is 1. The Kier molecular flexibility index (Phi) is 10.5. The zero-order chi connectivity index (χ0) is 49.0. The van der Waals surface area contributed by atoms with Crippen LogP contribution in [0, 0.1) is 5.92 Å². The van der Waals surface area contributed by atoms with Crippen LogP contribution in [0.1, 0.15) is 28.2 Å². The highest BCUT2D eigenvalue weighted by atomic mass is 16.3. The normalized spacial score (nSPS) is 15.3. The molecule has 2 aliphatic rings. The highest BCUT2D eigenvalue weighted by Gasteiger charge is 2.53. The fourth-order valence-corrected chi connectivity index (χ4v) is 12.0. The van der Waals surface area contributed by atoms with Gasteiger partial charge in [0.15, 0.2) is 17.5 Å². The van der Waals surface area contributed by atoms with Gasteiger partial charge in [0, 0.05) is 39.3 Å². The van der Waals surface area contributed by atoms with Crippen LogP contribution in [0.5, 0.6) is 0 Å². The first-order valence-corrected chi connectivity index (χ1v) is 25.4. The quantitative estimate of drug-likeness (QED) is 0.145. The molecule has 2 atom stereocenters. The monoisotopic (exact) mass is 945 g/mol. The summed E-state index contributed by atoms with van der Waals surface area (Å²) in [6.45, 7) is 0. The lowest BCUT2D eigenvalue weighted by molar-refractivity contribution is 0.456. The van der Waals surface area contributed by atoms with Crippen molar-refractivity contribution in [1.82, 2.24) is 15.0 Å². The van der Waals surface area contributed by atoms with Gasteiger partial charge in [0.1, 0.15) is 11.2 Å². The molecular formula is C70H47N3O. The molecular weight excluding hydrogens is 899 g/mol. The number of aromatic nitrogens is 3. The van der Waals surface area contributed by atoms with Gasteiger partial charge in [0.05, 0.1) is 5.41 Å². The van der Waals surface area contributed by atoms with Crippen LogP contribution in [-0.2, 0) is 5.41 Å². The van der Waals surface area contributed by atoms with Gasteiger partial charge in [-0.05, 0) is 103 Å². The maximum Gasteiger partial charge on any atom is 0.164 e. The lowest BCUT2D eigenvalue weighted by Crippen LogP contribution is -2.34. The average molecular weight is 946 g/mol. The van der Waals surface area contributed by atoms with E-state index in [0.717, 1.165) is 66.4 Å². The number of hydrogen-bond acceptors (Lipinski definition) is 4. The van der Waals surface area contributed by atoms with Crippen molar-refractivity contribution < 1.29 is 4.42 Å². The van der Waals surface area contributed by atoms with Crippen molar-refractivity contribution in [2.24, 2.45) is 5.92 Å². The maximum absolute atomic E-state index is 6.20. The second-order valence-corrected chi connectivity index (χ2v) is 19.4. The molecule has 10 aromatic carbocycles. The van der Waals surface area contributed by atoms with E-state index in [1.165, 1.54) is 38.9 Å². The number of hydrogen-bond donors (Lipinski definition) is 0. The summed E-state index contributed by atoms with van der Waals surface area (Å²) in [6, 6.07) is 89.3. The van der Waals surface area contributed by atoms with Gasteiger partial charge in [-0.15, -0.1) is 0 Å². The summed E-state index contributed by atoms with van der Waals surface area (Å²) < 4.78 is 6.20. The number of nitrogens with zero attached hydrogens (tertiary/aromatic N) is 3. The summed E-state index contributed by atoms with van der Waals surface area (Å²) in [4.78, 5) is 15.4. The van der Waals surface area contributed by atoms with Gasteiger partial charge in [-0.25, -0.2) is 15.0 Å². The van der Waals surface area contributed by atoms with Gasteiger partial charge >= 0.3 is 0 Å². The first kappa shape index (κ1) is 43.3. The largest absolute Gasteiger partial charge is 0.456 e. The lowest BCUT2D eigenvalue weighted by atomic mass is 9.63. The minimum atomic E-state index is -0.368. The van der Waals surface area contributed by atoms with Gasteiger partial charge < -0.3 is 4.42 Å². The Balaban J connectivity index is 0.942. The van der Waals surface area contributed by atoms with E-state index in [-0.39, 0.29) is 17.3 Å². The number of furan rings is 1. The molecule has 2 aromatic heterocycles. The molecule has 12 aromatic rings. The molecule has 0 amide bonds. The zero-order valence-corrected chi connectivity index (χ0v) is 40.4. The fourth-order valence-electron chi connectivity index (χ4n) is 12.0. The lowest BCUT2D eigenvalue weighted by Gasteiger charge is -2.38. The van der Waals surface area contributed by atoms with Gasteiger partial charge in [-0.1, -0.05) is 237 Å². The Labute approximate surface area is 430 Å². The molecule has 0 fully saturated rings. The SMILES string of the molecule is C1=CC2c3cc(-c4cc(-c5ccccc5)cc(-c5ccc(-c6nc(-c7ccccc7)nc(-c7ccc8oc9ccccc9c8c7)n6)cc5)c4-c4ccccc4)ccc3C(c3ccccc3)(c3ccccc3)C2C=C1. The Morgan fingerprint density at radius 1 is 0.338 bits per heavy atom. The first-order valence-electron chi connectivity index (χ1n) is 25.4. The standard InChI is InChI=1S/C70H47N3O/c1-6-20-46(21-7-1)53-44-58(47-34-36-50(37-35-47)68-71-67(49-24-10-3-11-25-49)72-69(73-68)52-39-41-65-61(43-52)57-31-17-19-33-64(57)74-65)66(48-22-8-2-9-23-48)59(45-53)51-38-40-63-60(42-51)56-30-16-18-32-62(56)70(63,54-26-12-4-13-27-54)55-28-14-5-15-29-55/h1-45,56,62H. The molecule has 74 heavy (non-hydrogen) atoms. The molecule has 2 unspecified atom stereocenters. The second-order valence-electron chi connectivity index (χ2n) is 19.4. The van der Waals surface area contributed by atoms with Gasteiger partial charge in [0.25, 0.3) is 0 Å². The second kappa shape index (κ2) is 18.0. The molecule has 4 heteroatoms. The molecule has 348 valence electrons. The van der Waals surface area contributed by atoms with Crippen molar-refractivity contribution in [2.45, 2.75) is 11.3 Å². The van der Waals surface area contributed by atoms with Crippen molar-refractivity contribution in [1.29, 1.82) is 0 Å². The van der Waals surface area contributed by atoms with Crippen molar-refractivity contribution in [3.05, 3.63) is 295 Å². The van der Waals surface area contributed by atoms with E-state index >= 15 is 0 Å². The summed E-state index contributed by atoms with van der Waals surface area (Å²) in [5.41, 5.74) is 18.6. The molecule has 0 saturated carbocycles. The van der Waals surface area contributed by atoms with Crippen LogP contribution in [0.15, 0.2) is 277 Å². The molecule has 4 nitrogen and oxygen atoms in total. The third-order valence-electron chi connectivity index (χ3n) is 15.3. The van der Waals surface area contributed by atoms with E-state index in [0.29, 0.717) is 17.5 Å². The molecule has 0 spiro atoms. The molecule has 0 N–H and O–H groups in total. The highest BCUT2D eigenvalue weighted by Crippen LogP contribution is 2.60. The zero-order valence-electron chi connectivity index (χ0n) is 40.4. The molecule has 0 aliphatic heterocycles. The summed E-state index contributed by atoms with van der Waals surface area (Å²) >= 11 is 0. The predicted molar refractivity (Wildman–Crippen MR) is 302 cm³/mol. The molecule has 14 rings (SSSR count). The van der Waals surface area contributed by atoms with Crippen LogP contribution < -0.4 is 0 Å². The minimum absolute atomic E-state index is 0.187. The van der Waals surface area contributed by atoms with Crippen molar-refractivity contribution in [2.75, 3.05) is 0 Å². The van der Waals surface area contributed by atoms with Crippen molar-refractivity contribution in [3.63, 3.8) is 0 Å². The maximum atomic E-state index is 6.20. The van der Waals surface area contributed by atoms with Crippen LogP contribution in [0.2, 0.25) is 0 Å². The summed E-state index contributed by atoms with van der Waals surface area (Å²) in [7, 11) is 0. The molecule has 2 aliphatic carbocycles. The van der Waals surface area contributed by atoms with E-state index < -0.39 is 0 Å². The van der Waals surface area contributed by atoms with Gasteiger partial charge in [-0.2, -0.15) is 0 Å². The number of fused-ring (bicyclic) bond motifs is 6. The van der Waals surface area contributed by atoms with Crippen molar-refractivity contribution >= 4 is 21.9 Å². The topological polar surface area (TPSA) is 51.8 Å².